The van der Waals surface area contributed by atoms with Gasteiger partial charge in [-0.25, -0.2) is 0 Å². The van der Waals surface area contributed by atoms with Gasteiger partial charge in [0.25, 0.3) is 0 Å². The highest BCUT2D eigenvalue weighted by Crippen LogP contribution is 2.44. The van der Waals surface area contributed by atoms with Gasteiger partial charge in [0.15, 0.2) is 0 Å². The molecule has 7 heteroatoms. The van der Waals surface area contributed by atoms with Crippen LogP contribution >= 0.6 is 0 Å². The van der Waals surface area contributed by atoms with Crippen LogP contribution in [0.15, 0.2) is 0 Å². The lowest BCUT2D eigenvalue weighted by Gasteiger charge is -2.26. The Bertz CT molecular complexity index is 626. The van der Waals surface area contributed by atoms with Crippen molar-refractivity contribution in [1.29, 1.82) is 0 Å². The van der Waals surface area contributed by atoms with Crippen molar-refractivity contribution in [2.45, 2.75) is 140 Å². The van der Waals surface area contributed by atoms with E-state index in [0.717, 1.165) is 25.7 Å². The van der Waals surface area contributed by atoms with Crippen LogP contribution in [0.5, 0.6) is 0 Å². The highest BCUT2D eigenvalue weighted by Gasteiger charge is 2.54. The zero-order valence-electron chi connectivity index (χ0n) is 21.8. The molecule has 8 unspecified atom stereocenters. The third kappa shape index (κ3) is 8.43. The lowest BCUT2D eigenvalue weighted by Crippen LogP contribution is -2.38. The number of fused-ring (bicyclic) bond motifs is 1. The third-order valence-corrected chi connectivity index (χ3v) is 8.09. The molecule has 4 rings (SSSR count). The van der Waals surface area contributed by atoms with Crippen LogP contribution in [-0.4, -0.2) is 61.8 Å². The molecule has 0 spiro atoms. The van der Waals surface area contributed by atoms with Gasteiger partial charge in [-0.05, 0) is 25.7 Å². The third-order valence-electron chi connectivity index (χ3n) is 8.09. The minimum absolute atomic E-state index is 0.00922. The van der Waals surface area contributed by atoms with Gasteiger partial charge in [-0.3, -0.25) is 9.59 Å². The summed E-state index contributed by atoms with van der Waals surface area (Å²) in [6.07, 6.45) is 16.2. The Morgan fingerprint density at radius 3 is 1.46 bits per heavy atom. The Kier molecular flexibility index (Phi) is 10.3. The molecular weight excluding hydrogens is 448 g/mol. The minimum Gasteiger partial charge on any atom is -0.463 e. The Labute approximate surface area is 210 Å². The molecule has 3 saturated heterocycles. The molecule has 0 aromatic rings. The molecule has 1 saturated carbocycles. The lowest BCUT2D eigenvalue weighted by atomic mass is 9.79. The highest BCUT2D eigenvalue weighted by molar-refractivity contribution is 5.82. The summed E-state index contributed by atoms with van der Waals surface area (Å²) in [5, 5.41) is 0. The van der Waals surface area contributed by atoms with Gasteiger partial charge in [0, 0.05) is 0 Å². The normalized spacial score (nSPS) is 34.7. The van der Waals surface area contributed by atoms with Crippen molar-refractivity contribution in [3.05, 3.63) is 0 Å². The smallest absolute Gasteiger partial charge is 0.310 e. The Morgan fingerprint density at radius 2 is 1.03 bits per heavy atom. The first-order valence-corrected chi connectivity index (χ1v) is 14.4. The van der Waals surface area contributed by atoms with Gasteiger partial charge >= 0.3 is 11.9 Å². The number of unbranched alkanes of at least 4 members (excludes halogenated alkanes) is 8. The number of ether oxygens (including phenoxy) is 5. The van der Waals surface area contributed by atoms with Crippen molar-refractivity contribution in [3.63, 3.8) is 0 Å². The van der Waals surface area contributed by atoms with E-state index >= 15 is 0 Å². The molecule has 0 amide bonds. The first-order valence-electron chi connectivity index (χ1n) is 14.4. The van der Waals surface area contributed by atoms with Gasteiger partial charge in [0.05, 0.1) is 36.3 Å². The van der Waals surface area contributed by atoms with E-state index in [1.165, 1.54) is 51.4 Å². The number of rotatable bonds is 18. The van der Waals surface area contributed by atoms with Gasteiger partial charge in [0.2, 0.25) is 0 Å². The van der Waals surface area contributed by atoms with Gasteiger partial charge in [0.1, 0.15) is 25.4 Å². The maximum absolute atomic E-state index is 12.9. The van der Waals surface area contributed by atoms with Crippen molar-refractivity contribution >= 4 is 11.9 Å². The standard InChI is InChI=1S/C28H46O7/c1-3-5-7-9-11-13-21-25(33-21)17-31-27(29)19-15-23-24(35-23)16-20(19)28(30)32-18-26-22(34-26)14-12-10-8-6-4-2/h19-26H,3-18H2,1-2H3. The Balaban J connectivity index is 1.12. The van der Waals surface area contributed by atoms with Gasteiger partial charge in [-0.1, -0.05) is 78.1 Å². The zero-order valence-corrected chi connectivity index (χ0v) is 21.8. The van der Waals surface area contributed by atoms with Crippen LogP contribution < -0.4 is 0 Å². The van der Waals surface area contributed by atoms with E-state index in [1.807, 2.05) is 0 Å². The van der Waals surface area contributed by atoms with Crippen molar-refractivity contribution in [1.82, 2.24) is 0 Å². The van der Waals surface area contributed by atoms with Crippen LogP contribution in [-0.2, 0) is 33.3 Å². The first-order chi connectivity index (χ1) is 17.1. The van der Waals surface area contributed by atoms with E-state index < -0.39 is 11.8 Å². The molecule has 3 aliphatic heterocycles. The van der Waals surface area contributed by atoms with Crippen LogP contribution in [0.4, 0.5) is 0 Å². The first kappa shape index (κ1) is 26.9. The van der Waals surface area contributed by atoms with Gasteiger partial charge < -0.3 is 23.7 Å². The predicted molar refractivity (Wildman–Crippen MR) is 131 cm³/mol. The number of carbonyl (C=O) groups is 2. The van der Waals surface area contributed by atoms with Crippen LogP contribution in [0.3, 0.4) is 0 Å². The number of carbonyl (C=O) groups excluding carboxylic acids is 2. The molecule has 3 heterocycles. The molecule has 35 heavy (non-hydrogen) atoms. The molecule has 1 aliphatic carbocycles. The highest BCUT2D eigenvalue weighted by atomic mass is 16.6. The van der Waals surface area contributed by atoms with E-state index in [0.29, 0.717) is 12.8 Å². The summed E-state index contributed by atoms with van der Waals surface area (Å²) in [4.78, 5) is 25.8. The van der Waals surface area contributed by atoms with E-state index in [9.17, 15) is 9.59 Å². The minimum atomic E-state index is -0.494. The van der Waals surface area contributed by atoms with Crippen molar-refractivity contribution in [2.24, 2.45) is 11.8 Å². The maximum atomic E-state index is 12.9. The predicted octanol–water partition coefficient (Wildman–Crippen LogP) is 5.12. The second kappa shape index (κ2) is 13.4. The Morgan fingerprint density at radius 1 is 0.600 bits per heavy atom. The summed E-state index contributed by atoms with van der Waals surface area (Å²) >= 11 is 0. The quantitative estimate of drug-likeness (QED) is 0.148. The van der Waals surface area contributed by atoms with E-state index in [-0.39, 0.29) is 61.8 Å². The van der Waals surface area contributed by atoms with Crippen molar-refractivity contribution in [2.75, 3.05) is 13.2 Å². The molecule has 0 N–H and O–H groups in total. The second-order valence-electron chi connectivity index (χ2n) is 11.0. The molecule has 7 nitrogen and oxygen atoms in total. The van der Waals surface area contributed by atoms with Crippen molar-refractivity contribution in [3.8, 4) is 0 Å². The topological polar surface area (TPSA) is 90.2 Å². The molecule has 4 aliphatic rings. The number of hydrogen-bond donors (Lipinski definition) is 0. The maximum Gasteiger partial charge on any atom is 0.310 e. The number of epoxide rings is 3. The molecule has 0 radical (unpaired) electrons. The molecule has 8 atom stereocenters. The molecule has 200 valence electrons. The molecule has 0 aromatic heterocycles. The summed E-state index contributed by atoms with van der Waals surface area (Å²) in [5.74, 6) is -1.62. The van der Waals surface area contributed by atoms with Gasteiger partial charge in [-0.2, -0.15) is 0 Å². The fourth-order valence-corrected chi connectivity index (χ4v) is 5.54. The average Bonchev–Trinajstić information content (AvgIpc) is 3.76. The van der Waals surface area contributed by atoms with E-state index in [4.69, 9.17) is 23.7 Å². The van der Waals surface area contributed by atoms with Crippen LogP contribution in [0.1, 0.15) is 104 Å². The summed E-state index contributed by atoms with van der Waals surface area (Å²) in [6.45, 7) is 4.99. The van der Waals surface area contributed by atoms with Crippen LogP contribution in [0.2, 0.25) is 0 Å². The molecular formula is C28H46O7. The lowest BCUT2D eigenvalue weighted by molar-refractivity contribution is -0.162. The summed E-state index contributed by atoms with van der Waals surface area (Å²) in [7, 11) is 0. The summed E-state index contributed by atoms with van der Waals surface area (Å²) < 4.78 is 28.2. The monoisotopic (exact) mass is 494 g/mol. The fraction of sp³-hybridized carbons (Fsp3) is 0.929. The zero-order chi connectivity index (χ0) is 24.6. The molecule has 4 fully saturated rings. The van der Waals surface area contributed by atoms with Gasteiger partial charge in [-0.15, -0.1) is 0 Å². The Hall–Kier alpha value is -1.18. The largest absolute Gasteiger partial charge is 0.463 e. The molecule has 0 aromatic carbocycles. The van der Waals surface area contributed by atoms with Crippen molar-refractivity contribution < 1.29 is 33.3 Å². The number of esters is 2. The van der Waals surface area contributed by atoms with E-state index in [1.54, 1.807) is 0 Å². The fourth-order valence-electron chi connectivity index (χ4n) is 5.54. The van der Waals surface area contributed by atoms with Crippen LogP contribution in [0, 0.1) is 11.8 Å². The summed E-state index contributed by atoms with van der Waals surface area (Å²) in [6, 6.07) is 0. The van der Waals surface area contributed by atoms with E-state index in [2.05, 4.69) is 13.8 Å². The second-order valence-corrected chi connectivity index (χ2v) is 11.0. The number of hydrogen-bond acceptors (Lipinski definition) is 7. The SMILES string of the molecule is CCCCCCCC1OC1COC(=O)C1CC2OC2CC1C(=O)OCC1OC1CCCCCCC. The average molecular weight is 495 g/mol. The van der Waals surface area contributed by atoms with Crippen LogP contribution in [0.25, 0.3) is 0 Å². The summed E-state index contributed by atoms with van der Waals surface area (Å²) in [5.41, 5.74) is 0. The molecule has 0 bridgehead atoms.